The number of ether oxygens (including phenoxy) is 1. The Kier molecular flexibility index (Phi) is 5.40. The van der Waals surface area contributed by atoms with Crippen molar-refractivity contribution in [1.29, 1.82) is 0 Å². The summed E-state index contributed by atoms with van der Waals surface area (Å²) in [7, 11) is 1.70. The van der Waals surface area contributed by atoms with Gasteiger partial charge in [-0.05, 0) is 49.1 Å². The van der Waals surface area contributed by atoms with E-state index < -0.39 is 0 Å². The fourth-order valence-corrected chi connectivity index (χ4v) is 2.52. The predicted molar refractivity (Wildman–Crippen MR) is 88.8 cm³/mol. The second-order valence-electron chi connectivity index (χ2n) is 5.48. The molecule has 0 aliphatic rings. The molecule has 0 saturated carbocycles. The van der Waals surface area contributed by atoms with Crippen LogP contribution in [0, 0.1) is 0 Å². The minimum atomic E-state index is 0.279. The highest BCUT2D eigenvalue weighted by atomic mass is 16.5. The Bertz CT molecular complexity index is 562. The predicted octanol–water partition coefficient (Wildman–Crippen LogP) is 4.67. The second-order valence-corrected chi connectivity index (χ2v) is 5.48. The number of benzene rings is 2. The minimum absolute atomic E-state index is 0.279. The smallest absolute Gasteiger partial charge is 0.119 e. The van der Waals surface area contributed by atoms with Crippen molar-refractivity contribution in [1.82, 2.24) is 5.32 Å². The van der Waals surface area contributed by atoms with Gasteiger partial charge in [0, 0.05) is 12.1 Å². The molecule has 2 heteroatoms. The average molecular weight is 283 g/mol. The van der Waals surface area contributed by atoms with E-state index >= 15 is 0 Å². The largest absolute Gasteiger partial charge is 0.497 e. The molecule has 0 radical (unpaired) electrons. The standard InChI is InChI=1S/C19H25NO/c1-5-16-9-11-17(12-10-16)14(2)20-15(3)18-7-6-8-19(13-18)21-4/h6-15,20H,5H2,1-4H3/t14-,15+/m1/s1. The van der Waals surface area contributed by atoms with Crippen LogP contribution in [-0.2, 0) is 6.42 Å². The van der Waals surface area contributed by atoms with E-state index in [-0.39, 0.29) is 6.04 Å². The van der Waals surface area contributed by atoms with E-state index in [1.807, 2.05) is 12.1 Å². The van der Waals surface area contributed by atoms with Gasteiger partial charge in [-0.1, -0.05) is 43.3 Å². The van der Waals surface area contributed by atoms with Crippen molar-refractivity contribution in [3.8, 4) is 5.75 Å². The van der Waals surface area contributed by atoms with Gasteiger partial charge in [0.1, 0.15) is 5.75 Å². The summed E-state index contributed by atoms with van der Waals surface area (Å²) in [4.78, 5) is 0. The zero-order valence-corrected chi connectivity index (χ0v) is 13.4. The maximum atomic E-state index is 5.29. The van der Waals surface area contributed by atoms with Gasteiger partial charge in [-0.3, -0.25) is 0 Å². The van der Waals surface area contributed by atoms with Gasteiger partial charge in [-0.2, -0.15) is 0 Å². The lowest BCUT2D eigenvalue weighted by Crippen LogP contribution is -2.22. The van der Waals surface area contributed by atoms with E-state index in [4.69, 9.17) is 4.74 Å². The molecule has 0 aliphatic carbocycles. The number of methoxy groups -OCH3 is 1. The second kappa shape index (κ2) is 7.28. The first kappa shape index (κ1) is 15.6. The third-order valence-corrected chi connectivity index (χ3v) is 3.98. The van der Waals surface area contributed by atoms with Gasteiger partial charge >= 0.3 is 0 Å². The topological polar surface area (TPSA) is 21.3 Å². The SMILES string of the molecule is CCc1ccc([C@@H](C)N[C@@H](C)c2cccc(OC)c2)cc1. The summed E-state index contributed by atoms with van der Waals surface area (Å²) in [6.45, 7) is 6.57. The number of hydrogen-bond acceptors (Lipinski definition) is 2. The van der Waals surface area contributed by atoms with E-state index in [9.17, 15) is 0 Å². The van der Waals surface area contributed by atoms with Crippen molar-refractivity contribution in [2.75, 3.05) is 7.11 Å². The number of hydrogen-bond donors (Lipinski definition) is 1. The molecule has 2 aromatic carbocycles. The van der Waals surface area contributed by atoms with Crippen molar-refractivity contribution >= 4 is 0 Å². The highest BCUT2D eigenvalue weighted by Gasteiger charge is 2.11. The van der Waals surface area contributed by atoms with Gasteiger partial charge in [0.05, 0.1) is 7.11 Å². The Morgan fingerprint density at radius 1 is 0.952 bits per heavy atom. The molecule has 1 N–H and O–H groups in total. The minimum Gasteiger partial charge on any atom is -0.497 e. The molecule has 0 aliphatic heterocycles. The first-order valence-electron chi connectivity index (χ1n) is 7.63. The Morgan fingerprint density at radius 3 is 2.24 bits per heavy atom. The highest BCUT2D eigenvalue weighted by molar-refractivity contribution is 5.31. The molecular weight excluding hydrogens is 258 g/mol. The fraction of sp³-hybridized carbons (Fsp3) is 0.368. The maximum absolute atomic E-state index is 5.29. The average Bonchev–Trinajstić information content (AvgIpc) is 2.54. The number of rotatable bonds is 6. The summed E-state index contributed by atoms with van der Waals surface area (Å²) in [6.07, 6.45) is 1.09. The molecule has 21 heavy (non-hydrogen) atoms. The van der Waals surface area contributed by atoms with Crippen LogP contribution in [-0.4, -0.2) is 7.11 Å². The van der Waals surface area contributed by atoms with E-state index in [0.717, 1.165) is 12.2 Å². The summed E-state index contributed by atoms with van der Waals surface area (Å²) in [5, 5.41) is 3.65. The molecule has 0 amide bonds. The van der Waals surface area contributed by atoms with Crippen LogP contribution in [0.15, 0.2) is 48.5 Å². The Hall–Kier alpha value is -1.80. The third kappa shape index (κ3) is 4.08. The van der Waals surface area contributed by atoms with Crippen LogP contribution < -0.4 is 10.1 Å². The van der Waals surface area contributed by atoms with Crippen LogP contribution >= 0.6 is 0 Å². The van der Waals surface area contributed by atoms with Crippen LogP contribution in [0.25, 0.3) is 0 Å². The highest BCUT2D eigenvalue weighted by Crippen LogP contribution is 2.22. The molecule has 0 unspecified atom stereocenters. The van der Waals surface area contributed by atoms with E-state index in [1.165, 1.54) is 16.7 Å². The molecule has 2 aromatic rings. The Labute approximate surface area is 128 Å². The summed E-state index contributed by atoms with van der Waals surface area (Å²) in [6, 6.07) is 17.7. The van der Waals surface area contributed by atoms with Gasteiger partial charge in [0.15, 0.2) is 0 Å². The molecular formula is C19H25NO. The van der Waals surface area contributed by atoms with Crippen LogP contribution in [0.3, 0.4) is 0 Å². The van der Waals surface area contributed by atoms with E-state index in [0.29, 0.717) is 6.04 Å². The Balaban J connectivity index is 2.04. The molecule has 0 aromatic heterocycles. The van der Waals surface area contributed by atoms with Gasteiger partial charge in [0.25, 0.3) is 0 Å². The number of aryl methyl sites for hydroxylation is 1. The summed E-state index contributed by atoms with van der Waals surface area (Å²) >= 11 is 0. The molecule has 0 spiro atoms. The summed E-state index contributed by atoms with van der Waals surface area (Å²) < 4.78 is 5.29. The van der Waals surface area contributed by atoms with Gasteiger partial charge in [-0.15, -0.1) is 0 Å². The first-order valence-corrected chi connectivity index (χ1v) is 7.63. The van der Waals surface area contributed by atoms with E-state index in [1.54, 1.807) is 7.11 Å². The molecule has 2 atom stereocenters. The van der Waals surface area contributed by atoms with Crippen molar-refractivity contribution in [3.05, 3.63) is 65.2 Å². The van der Waals surface area contributed by atoms with Crippen LogP contribution in [0.4, 0.5) is 0 Å². The van der Waals surface area contributed by atoms with Gasteiger partial charge in [-0.25, -0.2) is 0 Å². The molecule has 0 heterocycles. The lowest BCUT2D eigenvalue weighted by Gasteiger charge is -2.21. The quantitative estimate of drug-likeness (QED) is 0.832. The molecule has 2 rings (SSSR count). The van der Waals surface area contributed by atoms with Crippen molar-refractivity contribution in [2.45, 2.75) is 39.3 Å². The van der Waals surface area contributed by atoms with Crippen molar-refractivity contribution in [3.63, 3.8) is 0 Å². The van der Waals surface area contributed by atoms with E-state index in [2.05, 4.69) is 62.5 Å². The van der Waals surface area contributed by atoms with Crippen LogP contribution in [0.1, 0.15) is 49.5 Å². The zero-order chi connectivity index (χ0) is 15.2. The molecule has 2 nitrogen and oxygen atoms in total. The lowest BCUT2D eigenvalue weighted by molar-refractivity contribution is 0.412. The van der Waals surface area contributed by atoms with Gasteiger partial charge in [0.2, 0.25) is 0 Å². The fourth-order valence-electron chi connectivity index (χ4n) is 2.52. The van der Waals surface area contributed by atoms with Gasteiger partial charge < -0.3 is 10.1 Å². The number of nitrogens with one attached hydrogen (secondary N) is 1. The van der Waals surface area contributed by atoms with Crippen LogP contribution in [0.2, 0.25) is 0 Å². The van der Waals surface area contributed by atoms with Crippen molar-refractivity contribution < 1.29 is 4.74 Å². The first-order chi connectivity index (χ1) is 10.1. The van der Waals surface area contributed by atoms with Crippen molar-refractivity contribution in [2.24, 2.45) is 0 Å². The Morgan fingerprint density at radius 2 is 1.62 bits per heavy atom. The third-order valence-electron chi connectivity index (χ3n) is 3.98. The summed E-state index contributed by atoms with van der Waals surface area (Å²) in [5.41, 5.74) is 3.94. The maximum Gasteiger partial charge on any atom is 0.119 e. The molecule has 112 valence electrons. The van der Waals surface area contributed by atoms with Crippen LogP contribution in [0.5, 0.6) is 5.75 Å². The zero-order valence-electron chi connectivity index (χ0n) is 13.4. The summed E-state index contributed by atoms with van der Waals surface area (Å²) in [5.74, 6) is 0.904. The lowest BCUT2D eigenvalue weighted by atomic mass is 10.0. The monoisotopic (exact) mass is 283 g/mol. The molecule has 0 bridgehead atoms. The molecule has 0 fully saturated rings. The molecule has 0 saturated heterocycles. The normalized spacial score (nSPS) is 13.7.